The van der Waals surface area contributed by atoms with Crippen molar-refractivity contribution in [2.75, 3.05) is 59.7 Å². The summed E-state index contributed by atoms with van der Waals surface area (Å²) in [5.74, 6) is -3.88. The first kappa shape index (κ1) is 32.0. The summed E-state index contributed by atoms with van der Waals surface area (Å²) in [6.45, 7) is 5.77. The number of benzene rings is 2. The Morgan fingerprint density at radius 3 is 2.57 bits per heavy atom. The number of aryl methyl sites for hydroxylation is 1. The van der Waals surface area contributed by atoms with Crippen molar-refractivity contribution >= 4 is 16.9 Å². The van der Waals surface area contributed by atoms with Crippen LogP contribution in [0.5, 0.6) is 11.5 Å². The van der Waals surface area contributed by atoms with Gasteiger partial charge in [-0.25, -0.2) is 8.78 Å². The van der Waals surface area contributed by atoms with E-state index in [-0.39, 0.29) is 18.4 Å². The third-order valence-corrected chi connectivity index (χ3v) is 8.98. The minimum absolute atomic E-state index is 0.0657. The third-order valence-electron chi connectivity index (χ3n) is 8.98. The molecule has 0 atom stereocenters. The Kier molecular flexibility index (Phi) is 10.6. The first-order valence-corrected chi connectivity index (χ1v) is 15.2. The number of aliphatic carboxylic acids is 1. The third kappa shape index (κ3) is 7.99. The van der Waals surface area contributed by atoms with E-state index in [9.17, 15) is 23.1 Å². The molecule has 0 bridgehead atoms. The minimum Gasteiger partial charge on any atom is -0.497 e. The lowest BCUT2D eigenvalue weighted by Gasteiger charge is -2.41. The number of pyridine rings is 1. The van der Waals surface area contributed by atoms with Gasteiger partial charge in [-0.3, -0.25) is 19.6 Å². The van der Waals surface area contributed by atoms with Crippen LogP contribution in [-0.4, -0.2) is 85.5 Å². The van der Waals surface area contributed by atoms with Crippen LogP contribution in [0.25, 0.3) is 10.9 Å². The normalized spacial score (nSPS) is 17.5. The van der Waals surface area contributed by atoms with Crippen LogP contribution in [0.4, 0.5) is 13.2 Å². The van der Waals surface area contributed by atoms with E-state index in [0.717, 1.165) is 61.6 Å². The number of nitrogens with zero attached hydrogens (tertiary/aromatic N) is 3. The van der Waals surface area contributed by atoms with Crippen LogP contribution in [0.15, 0.2) is 36.5 Å². The zero-order chi connectivity index (χ0) is 31.1. The number of piperidine rings is 1. The molecule has 2 aliphatic heterocycles. The molecule has 3 heterocycles. The van der Waals surface area contributed by atoms with Gasteiger partial charge in [0.05, 0.1) is 32.3 Å². The highest BCUT2D eigenvalue weighted by atomic mass is 19.2. The SMILES string of the molecule is COc1ccc2ncc(CN3CCOCC3)c(CCCC3(CC(=O)O)CCN(CCOc4cc(F)cc(F)c4F)CC3)c2c1. The molecule has 11 heteroatoms. The molecule has 3 aromatic rings. The number of fused-ring (bicyclic) bond motifs is 1. The fourth-order valence-corrected chi connectivity index (χ4v) is 6.48. The maximum atomic E-state index is 13.9. The molecule has 2 aromatic carbocycles. The molecule has 2 saturated heterocycles. The van der Waals surface area contributed by atoms with Crippen molar-refractivity contribution in [3.63, 3.8) is 0 Å². The number of hydrogen-bond acceptors (Lipinski definition) is 7. The molecule has 0 unspecified atom stereocenters. The Morgan fingerprint density at radius 1 is 1.07 bits per heavy atom. The number of likely N-dealkylation sites (tertiary alicyclic amines) is 1. The molecule has 0 aliphatic carbocycles. The van der Waals surface area contributed by atoms with Crippen LogP contribution >= 0.6 is 0 Å². The summed E-state index contributed by atoms with van der Waals surface area (Å²) < 4.78 is 57.3. The fraction of sp³-hybridized carbons (Fsp3) is 0.515. The maximum Gasteiger partial charge on any atom is 0.303 e. The van der Waals surface area contributed by atoms with Gasteiger partial charge in [0.25, 0.3) is 0 Å². The summed E-state index contributed by atoms with van der Waals surface area (Å²) in [7, 11) is 1.65. The summed E-state index contributed by atoms with van der Waals surface area (Å²) in [5.41, 5.74) is 2.96. The van der Waals surface area contributed by atoms with E-state index in [0.29, 0.717) is 51.8 Å². The lowest BCUT2D eigenvalue weighted by atomic mass is 9.72. The zero-order valence-corrected chi connectivity index (χ0v) is 25.1. The quantitative estimate of drug-likeness (QED) is 0.254. The zero-order valence-electron chi connectivity index (χ0n) is 25.1. The molecular formula is C33H40F3N3O5. The van der Waals surface area contributed by atoms with Crippen LogP contribution < -0.4 is 9.47 Å². The molecule has 0 spiro atoms. The van der Waals surface area contributed by atoms with Gasteiger partial charge in [-0.05, 0) is 79.9 Å². The number of carboxylic acid groups (broad SMARTS) is 1. The molecule has 44 heavy (non-hydrogen) atoms. The fourth-order valence-electron chi connectivity index (χ4n) is 6.48. The van der Waals surface area contributed by atoms with Gasteiger partial charge >= 0.3 is 5.97 Å². The largest absolute Gasteiger partial charge is 0.497 e. The number of ether oxygens (including phenoxy) is 3. The summed E-state index contributed by atoms with van der Waals surface area (Å²) in [5, 5.41) is 10.9. The lowest BCUT2D eigenvalue weighted by molar-refractivity contribution is -0.140. The molecule has 0 amide bonds. The molecule has 2 aliphatic rings. The van der Waals surface area contributed by atoms with Crippen LogP contribution in [-0.2, 0) is 22.5 Å². The van der Waals surface area contributed by atoms with E-state index in [1.807, 2.05) is 24.4 Å². The van der Waals surface area contributed by atoms with Gasteiger partial charge < -0.3 is 19.3 Å². The smallest absolute Gasteiger partial charge is 0.303 e. The van der Waals surface area contributed by atoms with Crippen molar-refractivity contribution in [2.45, 2.75) is 45.1 Å². The summed E-state index contributed by atoms with van der Waals surface area (Å²) in [6, 6.07) is 7.24. The lowest BCUT2D eigenvalue weighted by Crippen LogP contribution is -2.42. The van der Waals surface area contributed by atoms with E-state index in [4.69, 9.17) is 19.2 Å². The number of aromatic nitrogens is 1. The van der Waals surface area contributed by atoms with Crippen LogP contribution in [0.2, 0.25) is 0 Å². The Morgan fingerprint density at radius 2 is 1.84 bits per heavy atom. The summed E-state index contributed by atoms with van der Waals surface area (Å²) >= 11 is 0. The van der Waals surface area contributed by atoms with E-state index in [1.54, 1.807) is 7.11 Å². The van der Waals surface area contributed by atoms with Crippen LogP contribution in [0.3, 0.4) is 0 Å². The Bertz CT molecular complexity index is 1440. The summed E-state index contributed by atoms with van der Waals surface area (Å²) in [6.07, 6.45) is 5.85. The van der Waals surface area contributed by atoms with Crippen molar-refractivity contribution in [1.82, 2.24) is 14.8 Å². The van der Waals surface area contributed by atoms with Crippen LogP contribution in [0.1, 0.15) is 43.2 Å². The highest BCUT2D eigenvalue weighted by molar-refractivity contribution is 5.84. The molecule has 238 valence electrons. The number of halogens is 3. The topological polar surface area (TPSA) is 84.4 Å². The summed E-state index contributed by atoms with van der Waals surface area (Å²) in [4.78, 5) is 21.2. The second kappa shape index (κ2) is 14.6. The highest BCUT2D eigenvalue weighted by Crippen LogP contribution is 2.40. The molecule has 8 nitrogen and oxygen atoms in total. The Labute approximate surface area is 255 Å². The Hall–Kier alpha value is -3.41. The van der Waals surface area contributed by atoms with Crippen molar-refractivity contribution in [3.05, 3.63) is 65.1 Å². The second-order valence-corrected chi connectivity index (χ2v) is 11.8. The van der Waals surface area contributed by atoms with E-state index in [1.165, 1.54) is 11.1 Å². The monoisotopic (exact) mass is 615 g/mol. The van der Waals surface area contributed by atoms with Crippen molar-refractivity contribution in [3.8, 4) is 11.5 Å². The number of carboxylic acids is 1. The molecule has 0 saturated carbocycles. The van der Waals surface area contributed by atoms with E-state index < -0.39 is 29.2 Å². The van der Waals surface area contributed by atoms with Gasteiger partial charge in [-0.2, -0.15) is 4.39 Å². The number of hydrogen-bond donors (Lipinski definition) is 1. The van der Waals surface area contributed by atoms with E-state index in [2.05, 4.69) is 9.80 Å². The number of rotatable bonds is 13. The van der Waals surface area contributed by atoms with Crippen molar-refractivity contribution < 1.29 is 37.3 Å². The molecule has 1 aromatic heterocycles. The number of morpholine rings is 1. The first-order valence-electron chi connectivity index (χ1n) is 15.2. The van der Waals surface area contributed by atoms with Gasteiger partial charge in [0.2, 0.25) is 5.82 Å². The molecule has 5 rings (SSSR count). The van der Waals surface area contributed by atoms with Gasteiger partial charge in [0, 0.05) is 49.9 Å². The Balaban J connectivity index is 1.23. The second-order valence-electron chi connectivity index (χ2n) is 11.8. The maximum absolute atomic E-state index is 13.9. The number of methoxy groups -OCH3 is 1. The predicted molar refractivity (Wildman–Crippen MR) is 159 cm³/mol. The average molecular weight is 616 g/mol. The first-order chi connectivity index (χ1) is 21.2. The highest BCUT2D eigenvalue weighted by Gasteiger charge is 2.36. The average Bonchev–Trinajstić information content (AvgIpc) is 3.01. The van der Waals surface area contributed by atoms with Gasteiger partial charge in [-0.1, -0.05) is 0 Å². The van der Waals surface area contributed by atoms with Crippen molar-refractivity contribution in [1.29, 1.82) is 0 Å². The minimum atomic E-state index is -1.29. The van der Waals surface area contributed by atoms with Gasteiger partial charge in [-0.15, -0.1) is 0 Å². The van der Waals surface area contributed by atoms with Crippen molar-refractivity contribution in [2.24, 2.45) is 5.41 Å². The molecule has 0 radical (unpaired) electrons. The molecule has 1 N–H and O–H groups in total. The van der Waals surface area contributed by atoms with Crippen LogP contribution in [0, 0.1) is 22.9 Å². The van der Waals surface area contributed by atoms with E-state index >= 15 is 0 Å². The van der Waals surface area contributed by atoms with Gasteiger partial charge in [0.1, 0.15) is 18.2 Å². The standard InChI is InChI=1S/C33H40F3N3O5/c1-42-25-4-5-29-27(19-25)26(23(21-37-29)22-39-11-14-43-15-12-39)3-2-6-33(20-31(40)41)7-9-38(10-8-33)13-16-44-30-18-24(34)17-28(35)32(30)36/h4-5,17-19,21H,2-3,6-16,20,22H2,1H3,(H,40,41). The number of carbonyl (C=O) groups is 1. The van der Waals surface area contributed by atoms with Gasteiger partial charge in [0.15, 0.2) is 11.6 Å². The molecular weight excluding hydrogens is 575 g/mol. The predicted octanol–water partition coefficient (Wildman–Crippen LogP) is 5.45. The molecule has 2 fully saturated rings.